The van der Waals surface area contributed by atoms with Crippen LogP contribution in [0.5, 0.6) is 0 Å². The van der Waals surface area contributed by atoms with Gasteiger partial charge in [0.1, 0.15) is 17.7 Å². The highest BCUT2D eigenvalue weighted by Gasteiger charge is 2.22. The highest BCUT2D eigenvalue weighted by molar-refractivity contribution is 7.89. The maximum Gasteiger partial charge on any atom is 0.242 e. The van der Waals surface area contributed by atoms with E-state index in [1.54, 1.807) is 12.1 Å². The number of halogens is 2. The van der Waals surface area contributed by atoms with Crippen LogP contribution >= 0.6 is 0 Å². The number of hydrogen-bond donors (Lipinski definition) is 1. The largest absolute Gasteiger partial charge is 0.242 e. The molecule has 22 heavy (non-hydrogen) atoms. The number of nitriles is 1. The fourth-order valence-electron chi connectivity index (χ4n) is 2.01. The lowest BCUT2D eigenvalue weighted by molar-refractivity contribution is 0.540. The van der Waals surface area contributed by atoms with Crippen LogP contribution in [0.3, 0.4) is 0 Å². The third-order valence-electron chi connectivity index (χ3n) is 3.06. The van der Waals surface area contributed by atoms with E-state index in [0.29, 0.717) is 6.07 Å². The minimum absolute atomic E-state index is 0.0122. The molecule has 2 aromatic carbocycles. The van der Waals surface area contributed by atoms with Crippen molar-refractivity contribution in [1.29, 1.82) is 5.26 Å². The van der Waals surface area contributed by atoms with Crippen molar-refractivity contribution in [2.75, 3.05) is 0 Å². The highest BCUT2D eigenvalue weighted by atomic mass is 32.2. The van der Waals surface area contributed by atoms with Gasteiger partial charge in [0, 0.05) is 17.7 Å². The molecule has 0 heterocycles. The summed E-state index contributed by atoms with van der Waals surface area (Å²) in [6.07, 6.45) is 0. The summed E-state index contributed by atoms with van der Waals surface area (Å²) in [6.45, 7) is 1.43. The van der Waals surface area contributed by atoms with Crippen molar-refractivity contribution in [3.8, 4) is 6.07 Å². The SMILES string of the molecule is C[C@@H](NS(=O)(=O)c1ccccc1C#N)c1ccc(F)cc1F. The first-order valence-electron chi connectivity index (χ1n) is 6.31. The van der Waals surface area contributed by atoms with E-state index < -0.39 is 27.7 Å². The van der Waals surface area contributed by atoms with E-state index >= 15 is 0 Å². The summed E-state index contributed by atoms with van der Waals surface area (Å²) < 4.78 is 53.5. The summed E-state index contributed by atoms with van der Waals surface area (Å²) >= 11 is 0. The van der Waals surface area contributed by atoms with E-state index in [2.05, 4.69) is 4.72 Å². The first-order valence-corrected chi connectivity index (χ1v) is 7.80. The van der Waals surface area contributed by atoms with Gasteiger partial charge in [-0.2, -0.15) is 5.26 Å². The molecule has 0 saturated heterocycles. The molecule has 114 valence electrons. The van der Waals surface area contributed by atoms with Gasteiger partial charge in [-0.1, -0.05) is 18.2 Å². The Labute approximate surface area is 127 Å². The maximum atomic E-state index is 13.7. The summed E-state index contributed by atoms with van der Waals surface area (Å²) in [5, 5.41) is 8.96. The van der Waals surface area contributed by atoms with Crippen molar-refractivity contribution >= 4 is 10.0 Å². The van der Waals surface area contributed by atoms with Gasteiger partial charge in [0.2, 0.25) is 10.0 Å². The van der Waals surface area contributed by atoms with Gasteiger partial charge >= 0.3 is 0 Å². The molecule has 4 nitrogen and oxygen atoms in total. The Hall–Kier alpha value is -2.30. The molecule has 2 aromatic rings. The predicted molar refractivity (Wildman–Crippen MR) is 76.3 cm³/mol. The Morgan fingerprint density at radius 3 is 2.50 bits per heavy atom. The lowest BCUT2D eigenvalue weighted by atomic mass is 10.1. The molecule has 0 amide bonds. The van der Waals surface area contributed by atoms with E-state index in [1.807, 2.05) is 0 Å². The van der Waals surface area contributed by atoms with Gasteiger partial charge < -0.3 is 0 Å². The molecule has 7 heteroatoms. The van der Waals surface area contributed by atoms with E-state index in [9.17, 15) is 17.2 Å². The third kappa shape index (κ3) is 3.30. The minimum atomic E-state index is -4.01. The van der Waals surface area contributed by atoms with E-state index in [-0.39, 0.29) is 16.0 Å². The topological polar surface area (TPSA) is 70.0 Å². The molecule has 0 saturated carbocycles. The van der Waals surface area contributed by atoms with Crippen molar-refractivity contribution in [3.05, 3.63) is 65.2 Å². The van der Waals surface area contributed by atoms with Gasteiger partial charge in [0.05, 0.1) is 10.5 Å². The van der Waals surface area contributed by atoms with Crippen LogP contribution in [-0.4, -0.2) is 8.42 Å². The number of benzene rings is 2. The van der Waals surface area contributed by atoms with Crippen LogP contribution in [0, 0.1) is 23.0 Å². The lowest BCUT2D eigenvalue weighted by Crippen LogP contribution is -2.28. The number of nitrogens with one attached hydrogen (secondary N) is 1. The smallest absolute Gasteiger partial charge is 0.207 e. The van der Waals surface area contributed by atoms with Gasteiger partial charge in [-0.15, -0.1) is 0 Å². The Morgan fingerprint density at radius 1 is 1.18 bits per heavy atom. The molecule has 0 fully saturated rings. The van der Waals surface area contributed by atoms with Crippen LogP contribution in [0.15, 0.2) is 47.4 Å². The van der Waals surface area contributed by atoms with Crippen molar-refractivity contribution in [2.45, 2.75) is 17.9 Å². The van der Waals surface area contributed by atoms with Crippen LogP contribution in [0.4, 0.5) is 8.78 Å². The zero-order chi connectivity index (χ0) is 16.3. The Kier molecular flexibility index (Phi) is 4.54. The molecule has 0 aliphatic carbocycles. The van der Waals surface area contributed by atoms with E-state index in [0.717, 1.165) is 6.07 Å². The normalized spacial score (nSPS) is 12.6. The second kappa shape index (κ2) is 6.22. The molecule has 1 atom stereocenters. The Balaban J connectivity index is 2.34. The van der Waals surface area contributed by atoms with Crippen molar-refractivity contribution in [1.82, 2.24) is 4.72 Å². The van der Waals surface area contributed by atoms with Crippen LogP contribution in [0.1, 0.15) is 24.1 Å². The van der Waals surface area contributed by atoms with Gasteiger partial charge in [0.15, 0.2) is 0 Å². The maximum absolute atomic E-state index is 13.7. The molecule has 2 rings (SSSR count). The molecular formula is C15H12F2N2O2S. The van der Waals surface area contributed by atoms with Crippen LogP contribution in [-0.2, 0) is 10.0 Å². The van der Waals surface area contributed by atoms with Gasteiger partial charge in [-0.05, 0) is 25.1 Å². The number of rotatable bonds is 4. The fraction of sp³-hybridized carbons (Fsp3) is 0.133. The van der Waals surface area contributed by atoms with Crippen molar-refractivity contribution in [3.63, 3.8) is 0 Å². The lowest BCUT2D eigenvalue weighted by Gasteiger charge is -2.16. The second-order valence-electron chi connectivity index (χ2n) is 4.62. The summed E-state index contributed by atoms with van der Waals surface area (Å²) in [6, 6.07) is 9.46. The second-order valence-corrected chi connectivity index (χ2v) is 6.30. The van der Waals surface area contributed by atoms with E-state index in [1.165, 1.54) is 31.2 Å². The molecule has 0 bridgehead atoms. The summed E-state index contributed by atoms with van der Waals surface area (Å²) in [5.41, 5.74) is 0.00110. The molecule has 1 N–H and O–H groups in total. The highest BCUT2D eigenvalue weighted by Crippen LogP contribution is 2.21. The van der Waals surface area contributed by atoms with Crippen LogP contribution in [0.25, 0.3) is 0 Å². The Bertz CT molecular complexity index is 845. The summed E-state index contributed by atoms with van der Waals surface area (Å²) in [4.78, 5) is -0.188. The first-order chi connectivity index (χ1) is 10.3. The monoisotopic (exact) mass is 322 g/mol. The fourth-order valence-corrected chi connectivity index (χ4v) is 3.39. The van der Waals surface area contributed by atoms with Crippen LogP contribution in [0.2, 0.25) is 0 Å². The van der Waals surface area contributed by atoms with Gasteiger partial charge in [-0.3, -0.25) is 0 Å². The zero-order valence-electron chi connectivity index (χ0n) is 11.5. The number of nitrogens with zero attached hydrogens (tertiary/aromatic N) is 1. The molecular weight excluding hydrogens is 310 g/mol. The predicted octanol–water partition coefficient (Wildman–Crippen LogP) is 2.88. The molecule has 0 spiro atoms. The molecule has 0 aromatic heterocycles. The van der Waals surface area contributed by atoms with Crippen molar-refractivity contribution in [2.24, 2.45) is 0 Å². The van der Waals surface area contributed by atoms with Crippen LogP contribution < -0.4 is 4.72 Å². The summed E-state index contributed by atoms with van der Waals surface area (Å²) in [7, 11) is -4.01. The van der Waals surface area contributed by atoms with Gasteiger partial charge in [0.25, 0.3) is 0 Å². The van der Waals surface area contributed by atoms with Crippen molar-refractivity contribution < 1.29 is 17.2 Å². The number of hydrogen-bond acceptors (Lipinski definition) is 3. The molecule has 0 aliphatic heterocycles. The zero-order valence-corrected chi connectivity index (χ0v) is 12.4. The third-order valence-corrected chi connectivity index (χ3v) is 4.66. The molecule has 0 aliphatic rings. The quantitative estimate of drug-likeness (QED) is 0.941. The average Bonchev–Trinajstić information content (AvgIpc) is 2.46. The Morgan fingerprint density at radius 2 is 1.86 bits per heavy atom. The number of sulfonamides is 1. The molecule has 0 unspecified atom stereocenters. The average molecular weight is 322 g/mol. The standard InChI is InChI=1S/C15H12F2N2O2S/c1-10(13-7-6-12(16)8-14(13)17)19-22(20,21)15-5-3-2-4-11(15)9-18/h2-8,10,19H,1H3/t10-/m1/s1. The van der Waals surface area contributed by atoms with Gasteiger partial charge in [-0.25, -0.2) is 21.9 Å². The minimum Gasteiger partial charge on any atom is -0.207 e. The van der Waals surface area contributed by atoms with E-state index in [4.69, 9.17) is 5.26 Å². The summed E-state index contributed by atoms with van der Waals surface area (Å²) in [5.74, 6) is -1.59. The first kappa shape index (κ1) is 16.1. The molecule has 0 radical (unpaired) electrons.